The van der Waals surface area contributed by atoms with Gasteiger partial charge >= 0.3 is 0 Å². The highest BCUT2D eigenvalue weighted by atomic mass is 32.1. The Labute approximate surface area is 231 Å². The number of nitro groups is 1. The Hall–Kier alpha value is -4.31. The number of aromatic nitrogens is 1. The lowest BCUT2D eigenvalue weighted by atomic mass is 10.0. The molecule has 3 aromatic carbocycles. The van der Waals surface area contributed by atoms with E-state index in [2.05, 4.69) is 29.5 Å². The van der Waals surface area contributed by atoms with E-state index in [-0.39, 0.29) is 16.4 Å². The van der Waals surface area contributed by atoms with Crippen LogP contribution < -0.4 is 15.5 Å². The molecule has 0 saturated carbocycles. The fraction of sp³-hybridized carbons (Fsp3) is 0.276. The van der Waals surface area contributed by atoms with Gasteiger partial charge < -0.3 is 14.6 Å². The number of nitro benzene ring substituents is 1. The van der Waals surface area contributed by atoms with Gasteiger partial charge in [-0.15, -0.1) is 0 Å². The summed E-state index contributed by atoms with van der Waals surface area (Å²) < 4.78 is 5.99. The summed E-state index contributed by atoms with van der Waals surface area (Å²) in [6.07, 6.45) is 1.98. The van der Waals surface area contributed by atoms with Crippen LogP contribution >= 0.6 is 12.2 Å². The Bertz CT molecular complexity index is 1590. The second kappa shape index (κ2) is 10.8. The minimum absolute atomic E-state index is 0.0747. The summed E-state index contributed by atoms with van der Waals surface area (Å²) in [5.41, 5.74) is 5.62. The van der Waals surface area contributed by atoms with Crippen molar-refractivity contribution < 1.29 is 14.1 Å². The third-order valence-electron chi connectivity index (χ3n) is 6.92. The molecule has 0 spiro atoms. The first-order valence-corrected chi connectivity index (χ1v) is 13.3. The van der Waals surface area contributed by atoms with E-state index in [0.717, 1.165) is 42.6 Å². The summed E-state index contributed by atoms with van der Waals surface area (Å²) in [6.45, 7) is 7.71. The number of aryl methyl sites for hydroxylation is 1. The lowest BCUT2D eigenvalue weighted by Crippen LogP contribution is -2.34. The van der Waals surface area contributed by atoms with Crippen molar-refractivity contribution in [3.63, 3.8) is 0 Å². The number of rotatable bonds is 6. The smallest absolute Gasteiger partial charge is 0.293 e. The number of hydrogen-bond donors (Lipinski definition) is 2. The van der Waals surface area contributed by atoms with Gasteiger partial charge in [-0.2, -0.15) is 0 Å². The number of nitrogens with one attached hydrogen (secondary N) is 2. The first-order chi connectivity index (χ1) is 18.7. The number of thiocarbonyl (C=S) groups is 1. The van der Waals surface area contributed by atoms with Gasteiger partial charge in [0, 0.05) is 36.0 Å². The van der Waals surface area contributed by atoms with Crippen LogP contribution in [-0.4, -0.2) is 34.0 Å². The molecule has 0 unspecified atom stereocenters. The SMILES string of the molecule is Cc1ccc(-c2nc3cc(C(C)C)ccc3o2)cc1NC(=S)NC(=O)c1ccc(N2CCCC2)c([N+](=O)[O-])c1. The number of benzene rings is 3. The summed E-state index contributed by atoms with van der Waals surface area (Å²) in [5, 5.41) is 17.5. The second-order valence-corrected chi connectivity index (χ2v) is 10.4. The largest absolute Gasteiger partial charge is 0.436 e. The summed E-state index contributed by atoms with van der Waals surface area (Å²) in [5.74, 6) is 0.335. The third-order valence-corrected chi connectivity index (χ3v) is 7.12. The summed E-state index contributed by atoms with van der Waals surface area (Å²) >= 11 is 5.40. The summed E-state index contributed by atoms with van der Waals surface area (Å²) in [6, 6.07) is 16.2. The zero-order valence-corrected chi connectivity index (χ0v) is 22.8. The molecule has 9 nitrogen and oxygen atoms in total. The Morgan fingerprint density at radius 2 is 1.87 bits per heavy atom. The number of anilines is 2. The van der Waals surface area contributed by atoms with Gasteiger partial charge in [-0.05, 0) is 85.4 Å². The van der Waals surface area contributed by atoms with Crippen molar-refractivity contribution in [3.8, 4) is 11.5 Å². The monoisotopic (exact) mass is 543 g/mol. The van der Waals surface area contributed by atoms with Crippen LogP contribution in [0.1, 0.15) is 54.1 Å². The van der Waals surface area contributed by atoms with Crippen molar-refractivity contribution in [1.82, 2.24) is 10.3 Å². The number of amides is 1. The molecule has 0 atom stereocenters. The van der Waals surface area contributed by atoms with E-state index in [4.69, 9.17) is 16.6 Å². The Kier molecular flexibility index (Phi) is 7.30. The van der Waals surface area contributed by atoms with E-state index in [1.807, 2.05) is 48.2 Å². The number of carbonyl (C=O) groups excluding carboxylic acids is 1. The van der Waals surface area contributed by atoms with E-state index in [1.165, 1.54) is 11.6 Å². The van der Waals surface area contributed by atoms with Crippen molar-refractivity contribution in [2.45, 2.75) is 39.5 Å². The molecule has 1 amide bonds. The van der Waals surface area contributed by atoms with Crippen LogP contribution in [-0.2, 0) is 0 Å². The topological polar surface area (TPSA) is 114 Å². The van der Waals surface area contributed by atoms with Gasteiger partial charge in [0.1, 0.15) is 11.2 Å². The average molecular weight is 544 g/mol. The number of carbonyl (C=O) groups is 1. The Morgan fingerprint density at radius 3 is 2.59 bits per heavy atom. The molecule has 0 radical (unpaired) electrons. The standard InChI is InChI=1S/C29H29N5O4S/c1-17(2)19-9-11-26-23(14-19)30-28(38-26)21-7-6-18(3)22(15-21)31-29(39)32-27(35)20-8-10-24(25(16-20)34(36)37)33-12-4-5-13-33/h6-11,14-17H,4-5,12-13H2,1-3H3,(H2,31,32,35,39). The molecule has 0 bridgehead atoms. The highest BCUT2D eigenvalue weighted by Gasteiger charge is 2.24. The highest BCUT2D eigenvalue weighted by molar-refractivity contribution is 7.80. The molecule has 39 heavy (non-hydrogen) atoms. The zero-order valence-electron chi connectivity index (χ0n) is 22.0. The molecule has 1 aliphatic rings. The average Bonchev–Trinajstić information content (AvgIpc) is 3.59. The molecule has 1 saturated heterocycles. The van der Waals surface area contributed by atoms with E-state index in [9.17, 15) is 14.9 Å². The molecule has 2 N–H and O–H groups in total. The van der Waals surface area contributed by atoms with Gasteiger partial charge in [-0.3, -0.25) is 20.2 Å². The molecule has 1 aromatic heterocycles. The maximum atomic E-state index is 12.9. The molecular weight excluding hydrogens is 514 g/mol. The number of oxazole rings is 1. The van der Waals surface area contributed by atoms with Crippen LogP contribution in [0.15, 0.2) is 59.0 Å². The predicted molar refractivity (Wildman–Crippen MR) is 157 cm³/mol. The van der Waals surface area contributed by atoms with Crippen molar-refractivity contribution >= 4 is 51.4 Å². The van der Waals surface area contributed by atoms with Crippen LogP contribution in [0.5, 0.6) is 0 Å². The first-order valence-electron chi connectivity index (χ1n) is 12.9. The van der Waals surface area contributed by atoms with Gasteiger partial charge in [0.2, 0.25) is 5.89 Å². The molecular formula is C29H29N5O4S. The van der Waals surface area contributed by atoms with Crippen LogP contribution in [0.3, 0.4) is 0 Å². The molecule has 1 fully saturated rings. The highest BCUT2D eigenvalue weighted by Crippen LogP contribution is 2.32. The minimum Gasteiger partial charge on any atom is -0.436 e. The fourth-order valence-electron chi connectivity index (χ4n) is 4.68. The Morgan fingerprint density at radius 1 is 1.10 bits per heavy atom. The maximum Gasteiger partial charge on any atom is 0.293 e. The number of nitrogens with zero attached hydrogens (tertiary/aromatic N) is 3. The molecule has 200 valence electrons. The summed E-state index contributed by atoms with van der Waals surface area (Å²) in [7, 11) is 0. The van der Waals surface area contributed by atoms with Crippen LogP contribution in [0, 0.1) is 17.0 Å². The molecule has 0 aliphatic carbocycles. The van der Waals surface area contributed by atoms with Crippen LogP contribution in [0.2, 0.25) is 0 Å². The first kappa shape index (κ1) is 26.3. The van der Waals surface area contributed by atoms with Gasteiger partial charge in [-0.1, -0.05) is 26.0 Å². The van der Waals surface area contributed by atoms with Crippen molar-refractivity contribution in [3.05, 3.63) is 81.4 Å². The van der Waals surface area contributed by atoms with Crippen molar-refractivity contribution in [2.75, 3.05) is 23.3 Å². The molecule has 10 heteroatoms. The summed E-state index contributed by atoms with van der Waals surface area (Å²) in [4.78, 5) is 30.8. The van der Waals surface area contributed by atoms with E-state index >= 15 is 0 Å². The molecule has 1 aliphatic heterocycles. The molecule has 4 aromatic rings. The van der Waals surface area contributed by atoms with Gasteiger partial charge in [-0.25, -0.2) is 4.98 Å². The second-order valence-electron chi connectivity index (χ2n) is 9.99. The fourth-order valence-corrected chi connectivity index (χ4v) is 4.88. The van der Waals surface area contributed by atoms with E-state index < -0.39 is 10.8 Å². The normalized spacial score (nSPS) is 13.2. The molecule has 2 heterocycles. The van der Waals surface area contributed by atoms with Gasteiger partial charge in [0.15, 0.2) is 10.7 Å². The number of hydrogen-bond acceptors (Lipinski definition) is 7. The van der Waals surface area contributed by atoms with Gasteiger partial charge in [0.05, 0.1) is 4.92 Å². The maximum absolute atomic E-state index is 12.9. The quantitative estimate of drug-likeness (QED) is 0.160. The third kappa shape index (κ3) is 5.61. The minimum atomic E-state index is -0.530. The Balaban J connectivity index is 1.32. The number of fused-ring (bicyclic) bond motifs is 1. The molecule has 5 rings (SSSR count). The van der Waals surface area contributed by atoms with Crippen LogP contribution in [0.25, 0.3) is 22.6 Å². The van der Waals surface area contributed by atoms with E-state index in [1.54, 1.807) is 12.1 Å². The van der Waals surface area contributed by atoms with Gasteiger partial charge in [0.25, 0.3) is 11.6 Å². The van der Waals surface area contributed by atoms with Crippen molar-refractivity contribution in [1.29, 1.82) is 0 Å². The van der Waals surface area contributed by atoms with E-state index in [0.29, 0.717) is 28.8 Å². The zero-order chi connectivity index (χ0) is 27.7. The lowest BCUT2D eigenvalue weighted by Gasteiger charge is -2.18. The lowest BCUT2D eigenvalue weighted by molar-refractivity contribution is -0.384. The predicted octanol–water partition coefficient (Wildman–Crippen LogP) is 6.56. The van der Waals surface area contributed by atoms with Crippen LogP contribution in [0.4, 0.5) is 17.1 Å². The van der Waals surface area contributed by atoms with Crippen molar-refractivity contribution in [2.24, 2.45) is 0 Å².